The Hall–Kier alpha value is -1.13. The molecule has 19 heavy (non-hydrogen) atoms. The topological polar surface area (TPSA) is 28.6 Å². The Balaban J connectivity index is 0.000000528. The molecule has 3 aliphatic heterocycles. The number of fused-ring (bicyclic) bond motifs is 1. The maximum absolute atomic E-state index is 5.26. The van der Waals surface area contributed by atoms with Gasteiger partial charge in [0.25, 0.3) is 0 Å². The lowest BCUT2D eigenvalue weighted by atomic mass is 9.83. The number of aryl methyl sites for hydroxylation is 1. The van der Waals surface area contributed by atoms with E-state index in [9.17, 15) is 0 Å². The predicted molar refractivity (Wildman–Crippen MR) is 76.6 cm³/mol. The van der Waals surface area contributed by atoms with Gasteiger partial charge in [-0.15, -0.1) is 0 Å². The molecule has 0 N–H and O–H groups in total. The molecule has 4 heterocycles. The highest BCUT2D eigenvalue weighted by molar-refractivity contribution is 5.48. The summed E-state index contributed by atoms with van der Waals surface area (Å²) >= 11 is 0. The van der Waals surface area contributed by atoms with E-state index in [0.29, 0.717) is 12.1 Å². The molecular formula is C15H23N3O. The van der Waals surface area contributed by atoms with Gasteiger partial charge < -0.3 is 9.64 Å². The zero-order valence-corrected chi connectivity index (χ0v) is 12.0. The lowest BCUT2D eigenvalue weighted by Crippen LogP contribution is -2.82. The average Bonchev–Trinajstić information content (AvgIpc) is 2.37. The van der Waals surface area contributed by atoms with Crippen LogP contribution in [0.2, 0.25) is 0 Å². The fourth-order valence-corrected chi connectivity index (χ4v) is 3.02. The van der Waals surface area contributed by atoms with Crippen LogP contribution >= 0.6 is 0 Å². The van der Waals surface area contributed by atoms with Gasteiger partial charge in [0.2, 0.25) is 0 Å². The maximum Gasteiger partial charge on any atom is 0.128 e. The quantitative estimate of drug-likeness (QED) is 0.810. The fourth-order valence-electron chi connectivity index (χ4n) is 3.02. The van der Waals surface area contributed by atoms with E-state index >= 15 is 0 Å². The third-order valence-corrected chi connectivity index (χ3v) is 4.33. The number of nitrogens with zero attached hydrogens (tertiary/aromatic N) is 3. The number of piperazine rings is 1. The molecule has 104 valence electrons. The first-order chi connectivity index (χ1) is 9.33. The van der Waals surface area contributed by atoms with Gasteiger partial charge in [0.1, 0.15) is 5.82 Å². The van der Waals surface area contributed by atoms with Gasteiger partial charge in [0, 0.05) is 25.3 Å². The van der Waals surface area contributed by atoms with E-state index in [1.54, 1.807) is 0 Å². The molecule has 3 saturated heterocycles. The van der Waals surface area contributed by atoms with Gasteiger partial charge in [0.05, 0.1) is 25.3 Å². The van der Waals surface area contributed by atoms with Crippen LogP contribution in [0.25, 0.3) is 0 Å². The van der Waals surface area contributed by atoms with Crippen molar-refractivity contribution in [3.63, 3.8) is 0 Å². The molecule has 3 aliphatic rings. The first kappa shape index (κ1) is 12.9. The van der Waals surface area contributed by atoms with Crippen LogP contribution in [-0.2, 0) is 4.74 Å². The Morgan fingerprint density at radius 2 is 1.95 bits per heavy atom. The minimum atomic E-state index is 0.698. The SMILES string of the molecule is CC.Cc1ccc(N2CC3C2CN3C2COC2)nc1. The molecule has 0 spiro atoms. The highest BCUT2D eigenvalue weighted by Gasteiger charge is 2.54. The number of ether oxygens (including phenoxy) is 1. The molecule has 0 amide bonds. The zero-order chi connectivity index (χ0) is 13.4. The summed E-state index contributed by atoms with van der Waals surface area (Å²) in [5.41, 5.74) is 1.23. The lowest BCUT2D eigenvalue weighted by Gasteiger charge is -2.65. The highest BCUT2D eigenvalue weighted by Crippen LogP contribution is 2.38. The van der Waals surface area contributed by atoms with E-state index in [1.807, 2.05) is 20.0 Å². The fraction of sp³-hybridized carbons (Fsp3) is 0.667. The number of rotatable bonds is 2. The van der Waals surface area contributed by atoms with E-state index in [2.05, 4.69) is 33.8 Å². The third kappa shape index (κ3) is 2.03. The van der Waals surface area contributed by atoms with Gasteiger partial charge in [-0.1, -0.05) is 19.9 Å². The monoisotopic (exact) mass is 261 g/mol. The molecule has 2 unspecified atom stereocenters. The summed E-state index contributed by atoms with van der Waals surface area (Å²) in [6.07, 6.45) is 1.96. The first-order valence-corrected chi connectivity index (χ1v) is 7.36. The summed E-state index contributed by atoms with van der Waals surface area (Å²) in [5, 5.41) is 0. The first-order valence-electron chi connectivity index (χ1n) is 7.36. The number of hydrogen-bond acceptors (Lipinski definition) is 4. The van der Waals surface area contributed by atoms with Crippen LogP contribution in [0.5, 0.6) is 0 Å². The van der Waals surface area contributed by atoms with E-state index in [1.165, 1.54) is 12.1 Å². The molecule has 0 aromatic carbocycles. The van der Waals surface area contributed by atoms with Crippen LogP contribution in [0, 0.1) is 6.92 Å². The van der Waals surface area contributed by atoms with Gasteiger partial charge in [-0.25, -0.2) is 4.98 Å². The van der Waals surface area contributed by atoms with Crippen molar-refractivity contribution >= 4 is 5.82 Å². The van der Waals surface area contributed by atoms with Crippen molar-refractivity contribution in [1.82, 2.24) is 9.88 Å². The van der Waals surface area contributed by atoms with Crippen molar-refractivity contribution in [3.05, 3.63) is 23.9 Å². The number of pyridine rings is 1. The average molecular weight is 261 g/mol. The summed E-state index contributed by atoms with van der Waals surface area (Å²) in [6.45, 7) is 10.3. The molecule has 1 aromatic rings. The van der Waals surface area contributed by atoms with Crippen LogP contribution in [-0.4, -0.2) is 54.3 Å². The Morgan fingerprint density at radius 1 is 1.16 bits per heavy atom. The lowest BCUT2D eigenvalue weighted by molar-refractivity contribution is -0.132. The van der Waals surface area contributed by atoms with Crippen LogP contribution in [0.1, 0.15) is 19.4 Å². The zero-order valence-electron chi connectivity index (χ0n) is 12.0. The van der Waals surface area contributed by atoms with Crippen molar-refractivity contribution in [2.75, 3.05) is 31.2 Å². The summed E-state index contributed by atoms with van der Waals surface area (Å²) < 4.78 is 5.26. The Bertz CT molecular complexity index is 430. The summed E-state index contributed by atoms with van der Waals surface area (Å²) in [4.78, 5) is 9.53. The van der Waals surface area contributed by atoms with Crippen molar-refractivity contribution in [1.29, 1.82) is 0 Å². The molecular weight excluding hydrogens is 238 g/mol. The molecule has 1 aromatic heterocycles. The third-order valence-electron chi connectivity index (χ3n) is 4.33. The molecule has 3 fully saturated rings. The number of anilines is 1. The van der Waals surface area contributed by atoms with Gasteiger partial charge in [-0.05, 0) is 18.6 Å². The molecule has 2 atom stereocenters. The van der Waals surface area contributed by atoms with Gasteiger partial charge >= 0.3 is 0 Å². The van der Waals surface area contributed by atoms with E-state index in [-0.39, 0.29) is 0 Å². The van der Waals surface area contributed by atoms with Crippen LogP contribution < -0.4 is 4.90 Å². The highest BCUT2D eigenvalue weighted by atomic mass is 16.5. The van der Waals surface area contributed by atoms with Crippen LogP contribution in [0.3, 0.4) is 0 Å². The standard InChI is InChI=1S/C13H17N3O.C2H6/c1-9-2-3-13(14-4-9)16-6-11-12(16)5-15(11)10-7-17-8-10;1-2/h2-4,10-12H,5-8H2,1H3;1-2H3. The van der Waals surface area contributed by atoms with Gasteiger partial charge in [0.15, 0.2) is 0 Å². The van der Waals surface area contributed by atoms with Gasteiger partial charge in [-0.2, -0.15) is 0 Å². The van der Waals surface area contributed by atoms with E-state index < -0.39 is 0 Å². The molecule has 4 rings (SSSR count). The number of aromatic nitrogens is 1. The summed E-state index contributed by atoms with van der Waals surface area (Å²) in [6, 6.07) is 6.44. The van der Waals surface area contributed by atoms with Crippen LogP contribution in [0.15, 0.2) is 18.3 Å². The van der Waals surface area contributed by atoms with E-state index in [0.717, 1.165) is 31.6 Å². The largest absolute Gasteiger partial charge is 0.378 e. The Labute approximate surface area is 115 Å². The van der Waals surface area contributed by atoms with Crippen molar-refractivity contribution < 1.29 is 4.74 Å². The van der Waals surface area contributed by atoms with E-state index in [4.69, 9.17) is 4.74 Å². The minimum absolute atomic E-state index is 0.698. The van der Waals surface area contributed by atoms with Crippen molar-refractivity contribution in [2.24, 2.45) is 0 Å². The number of hydrogen-bond donors (Lipinski definition) is 0. The molecule has 0 aliphatic carbocycles. The van der Waals surface area contributed by atoms with Crippen LogP contribution in [0.4, 0.5) is 5.82 Å². The summed E-state index contributed by atoms with van der Waals surface area (Å²) in [5.74, 6) is 1.14. The van der Waals surface area contributed by atoms with Crippen molar-refractivity contribution in [3.8, 4) is 0 Å². The normalized spacial score (nSPS) is 29.3. The molecule has 0 saturated carbocycles. The molecule has 0 radical (unpaired) electrons. The smallest absolute Gasteiger partial charge is 0.128 e. The Kier molecular flexibility index (Phi) is 3.46. The van der Waals surface area contributed by atoms with Crippen molar-refractivity contribution in [2.45, 2.75) is 38.9 Å². The minimum Gasteiger partial charge on any atom is -0.378 e. The van der Waals surface area contributed by atoms with Gasteiger partial charge in [-0.3, -0.25) is 4.90 Å². The second-order valence-corrected chi connectivity index (χ2v) is 5.37. The maximum atomic E-state index is 5.26. The second kappa shape index (κ2) is 5.10. The molecule has 4 nitrogen and oxygen atoms in total. The number of likely N-dealkylation sites (tertiary alicyclic amines) is 1. The summed E-state index contributed by atoms with van der Waals surface area (Å²) in [7, 11) is 0. The molecule has 4 heteroatoms. The Morgan fingerprint density at radius 3 is 2.42 bits per heavy atom. The second-order valence-electron chi connectivity index (χ2n) is 5.37. The molecule has 0 bridgehead atoms. The predicted octanol–water partition coefficient (Wildman–Crippen LogP) is 1.69.